The minimum atomic E-state index is -3.54. The van der Waals surface area contributed by atoms with Crippen LogP contribution in [0.3, 0.4) is 0 Å². The Morgan fingerprint density at radius 1 is 0.508 bits per heavy atom. The number of fused-ring (bicyclic) bond motifs is 4. The highest BCUT2D eigenvalue weighted by atomic mass is 19.3. The molecule has 0 N–H and O–H groups in total. The monoisotopic (exact) mass is 851 g/mol. The van der Waals surface area contributed by atoms with Crippen LogP contribution in [0.25, 0.3) is 61.0 Å². The van der Waals surface area contributed by atoms with Gasteiger partial charge in [0.25, 0.3) is 5.92 Å². The topological polar surface area (TPSA) is 24.3 Å². The van der Waals surface area contributed by atoms with Crippen molar-refractivity contribution < 1.29 is 12.9 Å². The third-order valence-corrected chi connectivity index (χ3v) is 13.1. The first-order chi connectivity index (χ1) is 32.9. The van der Waals surface area contributed by atoms with E-state index in [4.69, 9.17) is 9.10 Å². The van der Waals surface area contributed by atoms with Crippen LogP contribution >= 0.6 is 0 Å². The van der Waals surface area contributed by atoms with Gasteiger partial charge in [-0.3, -0.25) is 4.57 Å². The van der Waals surface area contributed by atoms with E-state index in [2.05, 4.69) is 32.0 Å². The van der Waals surface area contributed by atoms with Crippen LogP contribution in [0, 0.1) is 0 Å². The number of pyridine rings is 1. The van der Waals surface area contributed by atoms with Crippen molar-refractivity contribution in [2.75, 3.05) is 23.4 Å². The van der Waals surface area contributed by atoms with Gasteiger partial charge in [0.1, 0.15) is 5.82 Å². The van der Waals surface area contributed by atoms with Gasteiger partial charge in [0.2, 0.25) is 0 Å². The highest BCUT2D eigenvalue weighted by molar-refractivity contribution is 6.09. The average Bonchev–Trinajstić information content (AvgIpc) is 3.94. The molecule has 0 saturated heterocycles. The summed E-state index contributed by atoms with van der Waals surface area (Å²) in [5.74, 6) is -2.91. The van der Waals surface area contributed by atoms with E-state index in [1.165, 1.54) is 17.0 Å². The lowest BCUT2D eigenvalue weighted by Crippen LogP contribution is -2.24. The summed E-state index contributed by atoms with van der Waals surface area (Å²) >= 11 is 0. The fraction of sp³-hybridized carbons (Fsp3) is 0.102. The van der Waals surface area contributed by atoms with E-state index < -0.39 is 12.9 Å². The van der Waals surface area contributed by atoms with E-state index in [1.807, 2.05) is 155 Å². The molecule has 10 aromatic rings. The number of rotatable bonds is 9. The third kappa shape index (κ3) is 6.85. The van der Waals surface area contributed by atoms with Crippen molar-refractivity contribution in [1.82, 2.24) is 9.55 Å². The van der Waals surface area contributed by atoms with Crippen molar-refractivity contribution in [2.24, 2.45) is 0 Å². The molecule has 1 aliphatic heterocycles. The van der Waals surface area contributed by atoms with Gasteiger partial charge in [-0.05, 0) is 99.1 Å². The minimum Gasteiger partial charge on any atom is -0.355 e. The van der Waals surface area contributed by atoms with Crippen molar-refractivity contribution in [1.29, 1.82) is 0 Å². The van der Waals surface area contributed by atoms with Gasteiger partial charge in [-0.25, -0.2) is 4.98 Å². The highest BCUT2D eigenvalue weighted by Crippen LogP contribution is 2.48. The molecule has 0 saturated carbocycles. The van der Waals surface area contributed by atoms with Gasteiger partial charge in [0.05, 0.1) is 29.1 Å². The number of hydrogen-bond donors (Lipinski definition) is 0. The lowest BCUT2D eigenvalue weighted by atomic mass is 9.78. The molecule has 0 atom stereocenters. The number of hydrogen-bond acceptors (Lipinski definition) is 3. The van der Waals surface area contributed by atoms with Crippen LogP contribution < -0.4 is 9.80 Å². The summed E-state index contributed by atoms with van der Waals surface area (Å²) in [7, 11) is 0. The molecule has 65 heavy (non-hydrogen) atoms. The van der Waals surface area contributed by atoms with Crippen molar-refractivity contribution >= 4 is 38.9 Å². The maximum absolute atomic E-state index is 18.2. The van der Waals surface area contributed by atoms with E-state index in [0.29, 0.717) is 34.0 Å². The predicted octanol–water partition coefficient (Wildman–Crippen LogP) is 15.2. The molecule has 3 heterocycles. The second-order valence-electron chi connectivity index (χ2n) is 17.3. The quantitative estimate of drug-likeness (QED) is 0.145. The Bertz CT molecular complexity index is 3440. The predicted molar refractivity (Wildman–Crippen MR) is 265 cm³/mol. The summed E-state index contributed by atoms with van der Waals surface area (Å²) in [6.07, 6.45) is 1.79. The van der Waals surface area contributed by atoms with E-state index in [9.17, 15) is 0 Å². The Morgan fingerprint density at radius 2 is 1.14 bits per heavy atom. The Labute approximate surface area is 382 Å². The van der Waals surface area contributed by atoms with E-state index in [1.54, 1.807) is 36.5 Å². The number of halogens is 2. The largest absolute Gasteiger partial charge is 0.355 e. The maximum Gasteiger partial charge on any atom is 0.298 e. The zero-order chi connectivity index (χ0) is 46.8. The molecule has 0 bridgehead atoms. The summed E-state index contributed by atoms with van der Waals surface area (Å²) in [5.41, 5.74) is 9.37. The van der Waals surface area contributed by atoms with Crippen molar-refractivity contribution in [3.63, 3.8) is 0 Å². The van der Waals surface area contributed by atoms with Crippen LogP contribution in [0.15, 0.2) is 212 Å². The molecular weight excluding hydrogens is 803 g/mol. The van der Waals surface area contributed by atoms with Crippen LogP contribution in [0.5, 0.6) is 0 Å². The van der Waals surface area contributed by atoms with Crippen LogP contribution in [0.2, 0.25) is 0 Å². The van der Waals surface area contributed by atoms with Crippen LogP contribution in [0.4, 0.5) is 25.8 Å². The maximum atomic E-state index is 18.2. The lowest BCUT2D eigenvalue weighted by Gasteiger charge is -2.26. The Balaban J connectivity index is 1.13. The number of alkyl halides is 2. The molecule has 0 aliphatic carbocycles. The summed E-state index contributed by atoms with van der Waals surface area (Å²) < 4.78 is 63.9. The lowest BCUT2D eigenvalue weighted by molar-refractivity contribution is 0.0430. The van der Waals surface area contributed by atoms with Gasteiger partial charge in [-0.1, -0.05) is 166 Å². The SMILES string of the molecule is [2H]C([2H])([2H])N1CN(c2cc(-c3c(-c4ccccc4)cccc3-c3ccccc3)cc(C(F)(F)c3ccc4c5ccccc5n(-c5cc(C(C)(C)c6ccccc6)ccn5)c4c3)c2)c2ccccc21. The van der Waals surface area contributed by atoms with Crippen molar-refractivity contribution in [3.8, 4) is 39.2 Å². The molecule has 6 heteroatoms. The fourth-order valence-electron chi connectivity index (χ4n) is 9.64. The van der Waals surface area contributed by atoms with Gasteiger partial charge >= 0.3 is 0 Å². The first-order valence-electron chi connectivity index (χ1n) is 23.4. The van der Waals surface area contributed by atoms with E-state index in [-0.39, 0.29) is 23.2 Å². The molecule has 11 rings (SSSR count). The highest BCUT2D eigenvalue weighted by Gasteiger charge is 2.37. The molecule has 1 aliphatic rings. The fourth-order valence-corrected chi connectivity index (χ4v) is 9.64. The minimum absolute atomic E-state index is 0.0601. The molecule has 0 spiro atoms. The van der Waals surface area contributed by atoms with Gasteiger partial charge < -0.3 is 9.80 Å². The molecular formula is C59H46F2N4. The van der Waals surface area contributed by atoms with Gasteiger partial charge in [0.15, 0.2) is 0 Å². The number of nitrogens with zero attached hydrogens (tertiary/aromatic N) is 4. The third-order valence-electron chi connectivity index (χ3n) is 13.1. The number of aromatic nitrogens is 2. The number of benzene rings is 8. The van der Waals surface area contributed by atoms with E-state index >= 15 is 8.78 Å². The summed E-state index contributed by atoms with van der Waals surface area (Å²) in [5, 5.41) is 1.75. The molecule has 0 fully saturated rings. The Hall–Kier alpha value is -7.83. The molecule has 4 nitrogen and oxygen atoms in total. The second kappa shape index (κ2) is 15.8. The van der Waals surface area contributed by atoms with Gasteiger partial charge in [-0.2, -0.15) is 8.78 Å². The Kier molecular flexibility index (Phi) is 8.88. The molecule has 8 aromatic carbocycles. The van der Waals surface area contributed by atoms with Gasteiger partial charge in [-0.15, -0.1) is 0 Å². The summed E-state index contributed by atoms with van der Waals surface area (Å²) in [6, 6.07) is 65.5. The number of para-hydroxylation sites is 3. The van der Waals surface area contributed by atoms with Crippen LogP contribution in [-0.2, 0) is 11.3 Å². The first-order valence-corrected chi connectivity index (χ1v) is 21.9. The zero-order valence-electron chi connectivity index (χ0n) is 39.0. The van der Waals surface area contributed by atoms with Gasteiger partial charge in [0, 0.05) is 50.3 Å². The molecule has 0 amide bonds. The first kappa shape index (κ1) is 36.6. The van der Waals surface area contributed by atoms with Crippen molar-refractivity contribution in [3.05, 3.63) is 235 Å². The van der Waals surface area contributed by atoms with Crippen LogP contribution in [0.1, 0.15) is 40.2 Å². The zero-order valence-corrected chi connectivity index (χ0v) is 36.0. The van der Waals surface area contributed by atoms with Crippen LogP contribution in [-0.4, -0.2) is 23.2 Å². The average molecular weight is 852 g/mol. The van der Waals surface area contributed by atoms with Crippen molar-refractivity contribution in [2.45, 2.75) is 25.2 Å². The molecule has 316 valence electrons. The molecule has 0 radical (unpaired) electrons. The standard InChI is InChI=1S/C59H46F2N4/c1-58(2,43-22-11-6-12-23-43)44-32-33-62-56(38-44)65-52-27-14-13-24-50(52)51-31-30-45(37-55(51)65)59(60,61)46-34-42(35-47(36-46)64-39-63(3)53-28-15-16-29-54(53)64)57-48(40-18-7-4-8-19-40)25-17-26-49(57)41-20-9-5-10-21-41/h4-38H,39H2,1-3H3/i3D3. The normalized spacial score (nSPS) is 13.8. The molecule has 2 aromatic heterocycles. The summed E-state index contributed by atoms with van der Waals surface area (Å²) in [4.78, 5) is 8.05. The number of anilines is 3. The smallest absolute Gasteiger partial charge is 0.298 e. The van der Waals surface area contributed by atoms with E-state index in [0.717, 1.165) is 55.2 Å². The molecule has 0 unspecified atom stereocenters. The second-order valence-corrected chi connectivity index (χ2v) is 17.3. The Morgan fingerprint density at radius 3 is 1.85 bits per heavy atom. The summed E-state index contributed by atoms with van der Waals surface area (Å²) in [6.45, 7) is 1.82.